The van der Waals surface area contributed by atoms with Crippen LogP contribution < -0.4 is 11.2 Å². The van der Waals surface area contributed by atoms with Gasteiger partial charge in [0.2, 0.25) is 5.91 Å². The lowest BCUT2D eigenvalue weighted by Gasteiger charge is -2.30. The third kappa shape index (κ3) is 3.90. The number of amides is 1. The van der Waals surface area contributed by atoms with Gasteiger partial charge >= 0.3 is 5.69 Å². The number of hydrogen-bond donors (Lipinski definition) is 0. The quantitative estimate of drug-likeness (QED) is 0.679. The van der Waals surface area contributed by atoms with Gasteiger partial charge in [-0.05, 0) is 25.2 Å². The summed E-state index contributed by atoms with van der Waals surface area (Å²) in [7, 11) is 3.10. The Morgan fingerprint density at radius 1 is 1.18 bits per heavy atom. The Hall–Kier alpha value is -2.03. The summed E-state index contributed by atoms with van der Waals surface area (Å²) in [4.78, 5) is 44.1. The van der Waals surface area contributed by atoms with Crippen molar-refractivity contribution in [2.45, 2.75) is 51.2 Å². The Morgan fingerprint density at radius 3 is 2.50 bits per heavy atom. The molecule has 0 bridgehead atoms. The summed E-state index contributed by atoms with van der Waals surface area (Å²) >= 11 is 1.35. The van der Waals surface area contributed by atoms with Crippen LogP contribution in [0.1, 0.15) is 39.5 Å². The zero-order valence-electron chi connectivity index (χ0n) is 17.1. The van der Waals surface area contributed by atoms with Crippen molar-refractivity contribution in [1.82, 2.24) is 23.6 Å². The number of aryl methyl sites for hydroxylation is 2. The smallest absolute Gasteiger partial charge is 0.332 e. The minimum absolute atomic E-state index is 0.104. The lowest BCUT2D eigenvalue weighted by Crippen LogP contribution is -2.39. The molecule has 2 aromatic rings. The third-order valence-electron chi connectivity index (χ3n) is 5.51. The van der Waals surface area contributed by atoms with Crippen molar-refractivity contribution in [2.24, 2.45) is 20.0 Å². The number of aromatic nitrogens is 4. The molecule has 1 fully saturated rings. The van der Waals surface area contributed by atoms with Gasteiger partial charge in [-0.3, -0.25) is 18.7 Å². The van der Waals surface area contributed by atoms with E-state index in [1.807, 2.05) is 9.47 Å². The van der Waals surface area contributed by atoms with Crippen LogP contribution in [0.2, 0.25) is 0 Å². The molecule has 1 aliphatic heterocycles. The van der Waals surface area contributed by atoms with Crippen molar-refractivity contribution < 1.29 is 4.79 Å². The van der Waals surface area contributed by atoms with Crippen LogP contribution in [-0.4, -0.2) is 48.3 Å². The van der Waals surface area contributed by atoms with E-state index in [-0.39, 0.29) is 17.2 Å². The lowest BCUT2D eigenvalue weighted by atomic mass is 9.99. The summed E-state index contributed by atoms with van der Waals surface area (Å²) in [5.74, 6) is 1.07. The monoisotopic (exact) mass is 407 g/mol. The van der Waals surface area contributed by atoms with Crippen LogP contribution in [0.4, 0.5) is 0 Å². The molecule has 3 rings (SSSR count). The first-order valence-corrected chi connectivity index (χ1v) is 10.9. The highest BCUT2D eigenvalue weighted by Crippen LogP contribution is 2.24. The van der Waals surface area contributed by atoms with Crippen LogP contribution in [0.15, 0.2) is 14.7 Å². The van der Waals surface area contributed by atoms with Crippen molar-refractivity contribution in [3.05, 3.63) is 20.8 Å². The Morgan fingerprint density at radius 2 is 1.86 bits per heavy atom. The zero-order chi connectivity index (χ0) is 20.4. The fraction of sp³-hybridized carbons (Fsp3) is 0.684. The topological polar surface area (TPSA) is 82.1 Å². The van der Waals surface area contributed by atoms with Gasteiger partial charge in [0.05, 0.1) is 5.75 Å². The number of nitrogens with zero attached hydrogens (tertiary/aromatic N) is 5. The van der Waals surface area contributed by atoms with Gasteiger partial charge in [-0.25, -0.2) is 9.78 Å². The largest absolute Gasteiger partial charge is 0.342 e. The molecule has 0 unspecified atom stereocenters. The number of hydrogen-bond acceptors (Lipinski definition) is 5. The second kappa shape index (κ2) is 8.55. The number of carbonyl (C=O) groups excluding carboxylic acids is 1. The van der Waals surface area contributed by atoms with Gasteiger partial charge in [0.15, 0.2) is 16.3 Å². The first-order chi connectivity index (χ1) is 13.3. The van der Waals surface area contributed by atoms with Gasteiger partial charge in [-0.1, -0.05) is 32.0 Å². The van der Waals surface area contributed by atoms with E-state index in [4.69, 9.17) is 0 Å². The predicted octanol–water partition coefficient (Wildman–Crippen LogP) is 1.58. The minimum atomic E-state index is -0.396. The van der Waals surface area contributed by atoms with Crippen molar-refractivity contribution >= 4 is 28.8 Å². The maximum atomic E-state index is 12.7. The molecular formula is C19H29N5O3S. The van der Waals surface area contributed by atoms with Gasteiger partial charge in [0, 0.05) is 33.7 Å². The molecule has 9 heteroatoms. The second-order valence-electron chi connectivity index (χ2n) is 7.63. The van der Waals surface area contributed by atoms with E-state index in [0.29, 0.717) is 28.8 Å². The van der Waals surface area contributed by atoms with E-state index >= 15 is 0 Å². The highest BCUT2D eigenvalue weighted by Gasteiger charge is 2.23. The fourth-order valence-corrected chi connectivity index (χ4v) is 4.46. The highest BCUT2D eigenvalue weighted by atomic mass is 32.2. The molecule has 0 aromatic carbocycles. The molecule has 28 heavy (non-hydrogen) atoms. The lowest BCUT2D eigenvalue weighted by molar-refractivity contribution is -0.129. The Kier molecular flexibility index (Phi) is 6.32. The molecule has 0 aliphatic carbocycles. The summed E-state index contributed by atoms with van der Waals surface area (Å²) in [5, 5.41) is 0.625. The van der Waals surface area contributed by atoms with E-state index in [1.54, 1.807) is 7.05 Å². The van der Waals surface area contributed by atoms with Crippen LogP contribution >= 0.6 is 11.8 Å². The fourth-order valence-electron chi connectivity index (χ4n) is 3.54. The summed E-state index contributed by atoms with van der Waals surface area (Å²) in [5.41, 5.74) is 0.0725. The minimum Gasteiger partial charge on any atom is -0.342 e. The molecule has 3 heterocycles. The van der Waals surface area contributed by atoms with Gasteiger partial charge in [-0.2, -0.15) is 0 Å². The summed E-state index contributed by atoms with van der Waals surface area (Å²) in [6, 6.07) is 0. The van der Waals surface area contributed by atoms with Crippen molar-refractivity contribution in [3.63, 3.8) is 0 Å². The zero-order valence-corrected chi connectivity index (χ0v) is 17.9. The van der Waals surface area contributed by atoms with Gasteiger partial charge in [0.1, 0.15) is 0 Å². The van der Waals surface area contributed by atoms with Gasteiger partial charge < -0.3 is 9.47 Å². The standard InChI is InChI=1S/C19H29N5O3S/c1-5-6-9-24-15-16(21(3)19(27)22(4)17(15)26)20-18(24)28-12-14(25)23-10-7-13(2)8-11-23/h13H,5-12H2,1-4H3. The molecule has 1 amide bonds. The average molecular weight is 408 g/mol. The number of rotatable bonds is 6. The molecule has 1 aliphatic rings. The number of likely N-dealkylation sites (tertiary alicyclic amines) is 1. The van der Waals surface area contributed by atoms with Crippen LogP contribution in [0, 0.1) is 5.92 Å². The van der Waals surface area contributed by atoms with Crippen LogP contribution in [0.25, 0.3) is 11.2 Å². The highest BCUT2D eigenvalue weighted by molar-refractivity contribution is 7.99. The normalized spacial score (nSPS) is 15.5. The van der Waals surface area contributed by atoms with E-state index < -0.39 is 5.69 Å². The molecule has 0 radical (unpaired) electrons. The number of fused-ring (bicyclic) bond motifs is 1. The van der Waals surface area contributed by atoms with Gasteiger partial charge in [-0.15, -0.1) is 0 Å². The SMILES string of the molecule is CCCCn1c(SCC(=O)N2CCC(C)CC2)nc2c1c(=O)n(C)c(=O)n2C. The molecule has 0 saturated carbocycles. The summed E-state index contributed by atoms with van der Waals surface area (Å²) < 4.78 is 4.38. The number of imidazole rings is 1. The first kappa shape index (κ1) is 20.7. The number of carbonyl (C=O) groups is 1. The van der Waals surface area contributed by atoms with Crippen LogP contribution in [0.5, 0.6) is 0 Å². The van der Waals surface area contributed by atoms with Gasteiger partial charge in [0.25, 0.3) is 5.56 Å². The van der Waals surface area contributed by atoms with Crippen LogP contribution in [-0.2, 0) is 25.4 Å². The van der Waals surface area contributed by atoms with Crippen molar-refractivity contribution in [3.8, 4) is 0 Å². The van der Waals surface area contributed by atoms with E-state index in [1.165, 1.54) is 23.4 Å². The number of unbranched alkanes of at least 4 members (excludes halogenated alkanes) is 1. The Bertz CT molecular complexity index is 982. The maximum Gasteiger partial charge on any atom is 0.332 e. The molecular weight excluding hydrogens is 378 g/mol. The van der Waals surface area contributed by atoms with Crippen molar-refractivity contribution in [1.29, 1.82) is 0 Å². The summed E-state index contributed by atoms with van der Waals surface area (Å²) in [6.45, 7) is 6.56. The molecule has 0 spiro atoms. The predicted molar refractivity (Wildman–Crippen MR) is 111 cm³/mol. The third-order valence-corrected chi connectivity index (χ3v) is 6.47. The second-order valence-corrected chi connectivity index (χ2v) is 8.57. The average Bonchev–Trinajstić information content (AvgIpc) is 3.06. The number of thioether (sulfide) groups is 1. The van der Waals surface area contributed by atoms with E-state index in [2.05, 4.69) is 18.8 Å². The van der Waals surface area contributed by atoms with Crippen molar-refractivity contribution in [2.75, 3.05) is 18.8 Å². The molecule has 0 atom stereocenters. The first-order valence-electron chi connectivity index (χ1n) is 9.92. The van der Waals surface area contributed by atoms with Crippen LogP contribution in [0.3, 0.4) is 0 Å². The molecule has 154 valence electrons. The molecule has 0 N–H and O–H groups in total. The maximum absolute atomic E-state index is 12.7. The summed E-state index contributed by atoms with van der Waals surface area (Å²) in [6.07, 6.45) is 3.96. The van der Waals surface area contributed by atoms with E-state index in [0.717, 1.165) is 43.3 Å². The molecule has 1 saturated heterocycles. The Balaban J connectivity index is 1.90. The molecule has 2 aromatic heterocycles. The molecule has 8 nitrogen and oxygen atoms in total. The number of piperidine rings is 1. The Labute approximate surface area is 168 Å². The van der Waals surface area contributed by atoms with E-state index in [9.17, 15) is 14.4 Å².